The third-order valence-electron chi connectivity index (χ3n) is 1.90. The lowest BCUT2D eigenvalue weighted by Gasteiger charge is -2.10. The molecule has 0 aliphatic rings. The zero-order valence-electron chi connectivity index (χ0n) is 8.49. The Morgan fingerprint density at radius 3 is 3.13 bits per heavy atom. The van der Waals surface area contributed by atoms with E-state index in [1.807, 2.05) is 19.1 Å². The molecule has 0 saturated carbocycles. The fourth-order valence-electron chi connectivity index (χ4n) is 1.08. The molecule has 1 aromatic rings. The number of carbonyl (C=O) groups excluding carboxylic acids is 1. The number of amides is 1. The van der Waals surface area contributed by atoms with Gasteiger partial charge in [-0.05, 0) is 19.1 Å². The maximum absolute atomic E-state index is 11.1. The highest BCUT2D eigenvalue weighted by Gasteiger charge is 2.08. The zero-order valence-corrected chi connectivity index (χ0v) is 8.49. The summed E-state index contributed by atoms with van der Waals surface area (Å²) in [5.74, 6) is 0.582. The van der Waals surface area contributed by atoms with Gasteiger partial charge in [0.1, 0.15) is 12.3 Å². The van der Waals surface area contributed by atoms with E-state index < -0.39 is 0 Å². The molecule has 2 N–H and O–H groups in total. The van der Waals surface area contributed by atoms with E-state index in [0.717, 1.165) is 5.76 Å². The molecule has 0 fully saturated rings. The van der Waals surface area contributed by atoms with E-state index in [9.17, 15) is 4.79 Å². The van der Waals surface area contributed by atoms with Gasteiger partial charge in [0.25, 0.3) is 0 Å². The molecule has 5 nitrogen and oxygen atoms in total. The molecule has 0 bridgehead atoms. The SMILES string of the molecule is CC(NCC(=O)NCC#N)c1ccco1. The molecule has 0 aromatic carbocycles. The first kappa shape index (κ1) is 11.3. The number of hydrogen-bond donors (Lipinski definition) is 2. The van der Waals surface area contributed by atoms with Crippen molar-refractivity contribution in [2.45, 2.75) is 13.0 Å². The molecule has 15 heavy (non-hydrogen) atoms. The van der Waals surface area contributed by atoms with Crippen LogP contribution in [0.5, 0.6) is 0 Å². The van der Waals surface area contributed by atoms with Gasteiger partial charge in [0.05, 0.1) is 24.9 Å². The predicted molar refractivity (Wildman–Crippen MR) is 53.7 cm³/mol. The minimum absolute atomic E-state index is 0.0205. The first-order valence-electron chi connectivity index (χ1n) is 4.64. The second-order valence-electron chi connectivity index (χ2n) is 3.05. The first-order chi connectivity index (χ1) is 7.24. The number of nitrogens with one attached hydrogen (secondary N) is 2. The van der Waals surface area contributed by atoms with E-state index >= 15 is 0 Å². The second-order valence-corrected chi connectivity index (χ2v) is 3.05. The number of furan rings is 1. The quantitative estimate of drug-likeness (QED) is 0.692. The summed E-state index contributed by atoms with van der Waals surface area (Å²) in [6.45, 7) is 2.11. The lowest BCUT2D eigenvalue weighted by atomic mass is 10.2. The van der Waals surface area contributed by atoms with Crippen LogP contribution < -0.4 is 10.6 Å². The van der Waals surface area contributed by atoms with Crippen molar-refractivity contribution in [1.29, 1.82) is 5.26 Å². The van der Waals surface area contributed by atoms with Crippen molar-refractivity contribution in [1.82, 2.24) is 10.6 Å². The molecule has 0 aliphatic heterocycles. The molecule has 0 aliphatic carbocycles. The highest BCUT2D eigenvalue weighted by Crippen LogP contribution is 2.11. The Hall–Kier alpha value is -1.80. The Balaban J connectivity index is 2.26. The van der Waals surface area contributed by atoms with Crippen LogP contribution in [0, 0.1) is 11.3 Å². The van der Waals surface area contributed by atoms with Gasteiger partial charge in [-0.15, -0.1) is 0 Å². The molecule has 1 amide bonds. The van der Waals surface area contributed by atoms with Crippen LogP contribution >= 0.6 is 0 Å². The minimum atomic E-state index is -0.199. The highest BCUT2D eigenvalue weighted by atomic mass is 16.3. The van der Waals surface area contributed by atoms with E-state index in [-0.39, 0.29) is 25.0 Å². The van der Waals surface area contributed by atoms with Crippen molar-refractivity contribution >= 4 is 5.91 Å². The maximum atomic E-state index is 11.1. The van der Waals surface area contributed by atoms with Crippen LogP contribution in [0.3, 0.4) is 0 Å². The van der Waals surface area contributed by atoms with Crippen molar-refractivity contribution in [3.05, 3.63) is 24.2 Å². The molecular weight excluding hydrogens is 194 g/mol. The molecule has 1 heterocycles. The Morgan fingerprint density at radius 1 is 1.73 bits per heavy atom. The van der Waals surface area contributed by atoms with E-state index in [0.29, 0.717) is 0 Å². The number of carbonyl (C=O) groups is 1. The molecule has 1 atom stereocenters. The van der Waals surface area contributed by atoms with Crippen molar-refractivity contribution < 1.29 is 9.21 Å². The van der Waals surface area contributed by atoms with Crippen molar-refractivity contribution in [3.8, 4) is 6.07 Å². The van der Waals surface area contributed by atoms with E-state index in [1.165, 1.54) is 0 Å². The van der Waals surface area contributed by atoms with Crippen LogP contribution in [0.15, 0.2) is 22.8 Å². The summed E-state index contributed by atoms with van der Waals surface area (Å²) < 4.78 is 5.16. The maximum Gasteiger partial charge on any atom is 0.234 e. The molecule has 0 spiro atoms. The van der Waals surface area contributed by atoms with Gasteiger partial charge in [0.15, 0.2) is 0 Å². The van der Waals surface area contributed by atoms with Crippen molar-refractivity contribution in [2.24, 2.45) is 0 Å². The Morgan fingerprint density at radius 2 is 2.53 bits per heavy atom. The Bertz CT molecular complexity index is 340. The van der Waals surface area contributed by atoms with Gasteiger partial charge >= 0.3 is 0 Å². The average molecular weight is 207 g/mol. The van der Waals surface area contributed by atoms with Crippen LogP contribution in [0.25, 0.3) is 0 Å². The topological polar surface area (TPSA) is 78.1 Å². The van der Waals surface area contributed by atoms with Crippen LogP contribution in [0.1, 0.15) is 18.7 Å². The lowest BCUT2D eigenvalue weighted by Crippen LogP contribution is -2.35. The fraction of sp³-hybridized carbons (Fsp3) is 0.400. The Labute approximate surface area is 88.1 Å². The smallest absolute Gasteiger partial charge is 0.234 e. The number of hydrogen-bond acceptors (Lipinski definition) is 4. The van der Waals surface area contributed by atoms with Crippen LogP contribution in [0.4, 0.5) is 0 Å². The monoisotopic (exact) mass is 207 g/mol. The van der Waals surface area contributed by atoms with Gasteiger partial charge in [-0.25, -0.2) is 0 Å². The summed E-state index contributed by atoms with van der Waals surface area (Å²) in [6, 6.07) is 5.45. The van der Waals surface area contributed by atoms with Gasteiger partial charge in [-0.1, -0.05) is 0 Å². The molecule has 1 aromatic heterocycles. The molecule has 80 valence electrons. The summed E-state index contributed by atoms with van der Waals surface area (Å²) in [4.78, 5) is 11.1. The van der Waals surface area contributed by atoms with Crippen molar-refractivity contribution in [3.63, 3.8) is 0 Å². The van der Waals surface area contributed by atoms with E-state index in [2.05, 4.69) is 10.6 Å². The van der Waals surface area contributed by atoms with Gasteiger partial charge < -0.3 is 9.73 Å². The third-order valence-corrected chi connectivity index (χ3v) is 1.90. The molecule has 1 rings (SSSR count). The third kappa shape index (κ3) is 3.83. The van der Waals surface area contributed by atoms with E-state index in [1.54, 1.807) is 12.3 Å². The van der Waals surface area contributed by atoms with E-state index in [4.69, 9.17) is 9.68 Å². The van der Waals surface area contributed by atoms with Crippen LogP contribution in [-0.4, -0.2) is 19.0 Å². The number of nitrogens with zero attached hydrogens (tertiary/aromatic N) is 1. The van der Waals surface area contributed by atoms with Crippen LogP contribution in [-0.2, 0) is 4.79 Å². The zero-order chi connectivity index (χ0) is 11.1. The average Bonchev–Trinajstić information content (AvgIpc) is 2.76. The number of rotatable bonds is 5. The standard InChI is InChI=1S/C10H13N3O2/c1-8(9-3-2-6-15-9)13-7-10(14)12-5-4-11/h2-3,6,8,13H,5,7H2,1H3,(H,12,14). The highest BCUT2D eigenvalue weighted by molar-refractivity contribution is 5.78. The molecule has 5 heteroatoms. The van der Waals surface area contributed by atoms with Crippen molar-refractivity contribution in [2.75, 3.05) is 13.1 Å². The predicted octanol–water partition coefficient (Wildman–Crippen LogP) is 0.570. The van der Waals surface area contributed by atoms with Gasteiger partial charge in [-0.2, -0.15) is 5.26 Å². The summed E-state index contributed by atoms with van der Waals surface area (Å²) in [5, 5.41) is 13.7. The second kappa shape index (κ2) is 5.83. The molecule has 0 saturated heterocycles. The summed E-state index contributed by atoms with van der Waals surface area (Å²) in [6.07, 6.45) is 1.59. The lowest BCUT2D eigenvalue weighted by molar-refractivity contribution is -0.120. The van der Waals surface area contributed by atoms with Crippen LogP contribution in [0.2, 0.25) is 0 Å². The Kier molecular flexibility index (Phi) is 4.38. The summed E-state index contributed by atoms with van der Waals surface area (Å²) >= 11 is 0. The fourth-order valence-corrected chi connectivity index (χ4v) is 1.08. The van der Waals surface area contributed by atoms with Gasteiger partial charge in [0.2, 0.25) is 5.91 Å². The largest absolute Gasteiger partial charge is 0.468 e. The summed E-state index contributed by atoms with van der Waals surface area (Å²) in [7, 11) is 0. The molecular formula is C10H13N3O2. The minimum Gasteiger partial charge on any atom is -0.468 e. The molecule has 1 unspecified atom stereocenters. The van der Waals surface area contributed by atoms with Gasteiger partial charge in [-0.3, -0.25) is 10.1 Å². The normalized spacial score (nSPS) is 11.7. The summed E-state index contributed by atoms with van der Waals surface area (Å²) in [5.41, 5.74) is 0. The first-order valence-corrected chi connectivity index (χ1v) is 4.64. The molecule has 0 radical (unpaired) electrons. The van der Waals surface area contributed by atoms with Gasteiger partial charge in [0, 0.05) is 0 Å². The number of nitriles is 1.